The summed E-state index contributed by atoms with van der Waals surface area (Å²) in [5.74, 6) is 1.09. The molecule has 0 spiro atoms. The molecule has 126 valence electrons. The van der Waals surface area contributed by atoms with Crippen LogP contribution in [0.2, 0.25) is 0 Å². The molecule has 1 aliphatic heterocycles. The van der Waals surface area contributed by atoms with Gasteiger partial charge in [-0.2, -0.15) is 11.3 Å². The molecule has 0 aliphatic carbocycles. The van der Waals surface area contributed by atoms with Crippen molar-refractivity contribution in [1.82, 2.24) is 14.5 Å². The Kier molecular flexibility index (Phi) is 6.21. The van der Waals surface area contributed by atoms with Crippen molar-refractivity contribution in [3.63, 3.8) is 0 Å². The molecule has 0 saturated carbocycles. The van der Waals surface area contributed by atoms with Crippen molar-refractivity contribution in [1.29, 1.82) is 0 Å². The van der Waals surface area contributed by atoms with E-state index in [9.17, 15) is 0 Å². The van der Waals surface area contributed by atoms with Gasteiger partial charge in [-0.25, -0.2) is 4.98 Å². The van der Waals surface area contributed by atoms with Crippen LogP contribution < -0.4 is 0 Å². The van der Waals surface area contributed by atoms with Gasteiger partial charge in [0.1, 0.15) is 5.82 Å². The van der Waals surface area contributed by atoms with Crippen LogP contribution in [-0.4, -0.2) is 47.4 Å². The summed E-state index contributed by atoms with van der Waals surface area (Å²) >= 11 is 1.75. The summed E-state index contributed by atoms with van der Waals surface area (Å²) in [6, 6.07) is 2.20. The first-order chi connectivity index (χ1) is 11.3. The number of aromatic nitrogens is 2. The van der Waals surface area contributed by atoms with E-state index in [0.717, 1.165) is 45.0 Å². The van der Waals surface area contributed by atoms with Crippen LogP contribution in [0, 0.1) is 0 Å². The molecule has 2 aromatic rings. The van der Waals surface area contributed by atoms with Gasteiger partial charge in [0.25, 0.3) is 0 Å². The van der Waals surface area contributed by atoms with E-state index in [4.69, 9.17) is 9.47 Å². The van der Waals surface area contributed by atoms with E-state index in [2.05, 4.69) is 31.3 Å². The standard InChI is InChI=1S/C17H25N3O2S/c1-21-9-7-20-6-5-18-17(20)13-19(11-15-4-10-23-14-15)12-16-3-2-8-22-16/h4-6,10,14,16H,2-3,7-9,11-13H2,1H3/t16-/m0/s1. The molecule has 0 aromatic carbocycles. The molecule has 2 aromatic heterocycles. The molecule has 0 bridgehead atoms. The fraction of sp³-hybridized carbons (Fsp3) is 0.588. The highest BCUT2D eigenvalue weighted by Crippen LogP contribution is 2.18. The van der Waals surface area contributed by atoms with Crippen LogP contribution in [-0.2, 0) is 29.1 Å². The summed E-state index contributed by atoms with van der Waals surface area (Å²) in [6.45, 7) is 5.21. The van der Waals surface area contributed by atoms with E-state index >= 15 is 0 Å². The highest BCUT2D eigenvalue weighted by Gasteiger charge is 2.20. The molecule has 3 rings (SSSR count). The molecule has 1 atom stereocenters. The van der Waals surface area contributed by atoms with Gasteiger partial charge in [-0.15, -0.1) is 0 Å². The summed E-state index contributed by atoms with van der Waals surface area (Å²) in [5.41, 5.74) is 1.36. The van der Waals surface area contributed by atoms with Gasteiger partial charge in [-0.1, -0.05) is 0 Å². The first-order valence-electron chi connectivity index (χ1n) is 8.19. The van der Waals surface area contributed by atoms with Crippen molar-refractivity contribution < 1.29 is 9.47 Å². The van der Waals surface area contributed by atoms with E-state index in [1.54, 1.807) is 18.4 Å². The zero-order valence-electron chi connectivity index (χ0n) is 13.7. The smallest absolute Gasteiger partial charge is 0.122 e. The molecule has 0 N–H and O–H groups in total. The topological polar surface area (TPSA) is 39.5 Å². The van der Waals surface area contributed by atoms with Crippen LogP contribution in [0.25, 0.3) is 0 Å². The minimum absolute atomic E-state index is 0.357. The summed E-state index contributed by atoms with van der Waals surface area (Å²) in [6.07, 6.45) is 6.61. The summed E-state index contributed by atoms with van der Waals surface area (Å²) in [5, 5.41) is 4.36. The van der Waals surface area contributed by atoms with Gasteiger partial charge in [0.2, 0.25) is 0 Å². The van der Waals surface area contributed by atoms with E-state index in [0.29, 0.717) is 12.7 Å². The molecular formula is C17H25N3O2S. The third-order valence-electron chi connectivity index (χ3n) is 4.18. The second-order valence-electron chi connectivity index (χ2n) is 5.97. The maximum atomic E-state index is 5.83. The number of hydrogen-bond acceptors (Lipinski definition) is 5. The maximum absolute atomic E-state index is 5.83. The lowest BCUT2D eigenvalue weighted by molar-refractivity contribution is 0.0664. The largest absolute Gasteiger partial charge is 0.383 e. The normalized spacial score (nSPS) is 18.1. The van der Waals surface area contributed by atoms with E-state index in [1.807, 2.05) is 12.4 Å². The zero-order valence-corrected chi connectivity index (χ0v) is 14.5. The molecule has 1 saturated heterocycles. The number of rotatable bonds is 9. The number of nitrogens with zero attached hydrogens (tertiary/aromatic N) is 3. The van der Waals surface area contributed by atoms with Crippen molar-refractivity contribution in [3.05, 3.63) is 40.6 Å². The van der Waals surface area contributed by atoms with Crippen molar-refractivity contribution in [2.24, 2.45) is 0 Å². The van der Waals surface area contributed by atoms with Crippen molar-refractivity contribution in [3.8, 4) is 0 Å². The lowest BCUT2D eigenvalue weighted by atomic mass is 10.2. The molecule has 0 radical (unpaired) electrons. The van der Waals surface area contributed by atoms with E-state index < -0.39 is 0 Å². The summed E-state index contributed by atoms with van der Waals surface area (Å²) in [4.78, 5) is 6.99. The Balaban J connectivity index is 1.65. The van der Waals surface area contributed by atoms with Gasteiger partial charge < -0.3 is 14.0 Å². The SMILES string of the molecule is COCCn1ccnc1CN(Cc1ccsc1)C[C@@H]1CCCO1. The fourth-order valence-corrected chi connectivity index (χ4v) is 3.65. The Morgan fingerprint density at radius 2 is 2.43 bits per heavy atom. The van der Waals surface area contributed by atoms with Crippen LogP contribution >= 0.6 is 11.3 Å². The van der Waals surface area contributed by atoms with Crippen LogP contribution in [0.1, 0.15) is 24.2 Å². The highest BCUT2D eigenvalue weighted by atomic mass is 32.1. The second kappa shape index (κ2) is 8.59. The number of hydrogen-bond donors (Lipinski definition) is 0. The molecule has 5 nitrogen and oxygen atoms in total. The predicted octanol–water partition coefficient (Wildman–Crippen LogP) is 2.77. The minimum atomic E-state index is 0.357. The van der Waals surface area contributed by atoms with Crippen LogP contribution in [0.5, 0.6) is 0 Å². The summed E-state index contributed by atoms with van der Waals surface area (Å²) < 4.78 is 13.2. The molecule has 23 heavy (non-hydrogen) atoms. The van der Waals surface area contributed by atoms with E-state index in [-0.39, 0.29) is 0 Å². The monoisotopic (exact) mass is 335 g/mol. The van der Waals surface area contributed by atoms with E-state index in [1.165, 1.54) is 12.0 Å². The molecule has 0 amide bonds. The molecular weight excluding hydrogens is 310 g/mol. The second-order valence-corrected chi connectivity index (χ2v) is 6.75. The van der Waals surface area contributed by atoms with Gasteiger partial charge in [-0.3, -0.25) is 4.90 Å². The zero-order chi connectivity index (χ0) is 15.9. The number of methoxy groups -OCH3 is 1. The molecule has 3 heterocycles. The predicted molar refractivity (Wildman–Crippen MR) is 91.5 cm³/mol. The van der Waals surface area contributed by atoms with Gasteiger partial charge in [-0.05, 0) is 35.2 Å². The van der Waals surface area contributed by atoms with Gasteiger partial charge in [0.15, 0.2) is 0 Å². The number of imidazole rings is 1. The van der Waals surface area contributed by atoms with Crippen LogP contribution in [0.3, 0.4) is 0 Å². The Hall–Kier alpha value is -1.21. The molecule has 0 unspecified atom stereocenters. The molecule has 1 aliphatic rings. The van der Waals surface area contributed by atoms with Gasteiger partial charge >= 0.3 is 0 Å². The Morgan fingerprint density at radius 1 is 1.48 bits per heavy atom. The highest BCUT2D eigenvalue weighted by molar-refractivity contribution is 7.07. The Bertz CT molecular complexity index is 564. The van der Waals surface area contributed by atoms with Gasteiger partial charge in [0.05, 0.1) is 19.3 Å². The quantitative estimate of drug-likeness (QED) is 0.706. The van der Waals surface area contributed by atoms with Crippen molar-refractivity contribution in [2.75, 3.05) is 26.9 Å². The van der Waals surface area contributed by atoms with Crippen molar-refractivity contribution >= 4 is 11.3 Å². The molecule has 1 fully saturated rings. The van der Waals surface area contributed by atoms with Crippen LogP contribution in [0.15, 0.2) is 29.2 Å². The fourth-order valence-electron chi connectivity index (χ4n) is 2.99. The van der Waals surface area contributed by atoms with Gasteiger partial charge in [0, 0.05) is 45.7 Å². The third kappa shape index (κ3) is 4.88. The maximum Gasteiger partial charge on any atom is 0.122 e. The first kappa shape index (κ1) is 16.6. The number of ether oxygens (including phenoxy) is 2. The average molecular weight is 335 g/mol. The Labute approximate surface area is 141 Å². The first-order valence-corrected chi connectivity index (χ1v) is 9.13. The minimum Gasteiger partial charge on any atom is -0.383 e. The summed E-state index contributed by atoms with van der Waals surface area (Å²) in [7, 11) is 1.73. The van der Waals surface area contributed by atoms with Crippen molar-refractivity contribution in [2.45, 2.75) is 38.6 Å². The van der Waals surface area contributed by atoms with Crippen LogP contribution in [0.4, 0.5) is 0 Å². The lowest BCUT2D eigenvalue weighted by Gasteiger charge is -2.25. The number of thiophene rings is 1. The molecule has 6 heteroatoms. The lowest BCUT2D eigenvalue weighted by Crippen LogP contribution is -2.32. The third-order valence-corrected chi connectivity index (χ3v) is 4.91. The Morgan fingerprint density at radius 3 is 3.17 bits per heavy atom. The average Bonchev–Trinajstić information content (AvgIpc) is 3.28.